The van der Waals surface area contributed by atoms with Gasteiger partial charge < -0.3 is 14.2 Å². The Morgan fingerprint density at radius 3 is 1.91 bits per heavy atom. The van der Waals surface area contributed by atoms with E-state index in [9.17, 15) is 22.0 Å². The lowest BCUT2D eigenvalue weighted by Gasteiger charge is -2.30. The van der Waals surface area contributed by atoms with E-state index >= 15 is 8.78 Å². The molecule has 0 bridgehead atoms. The third kappa shape index (κ3) is 7.19. The van der Waals surface area contributed by atoms with E-state index in [1.54, 1.807) is 0 Å². The molecule has 1 aliphatic heterocycles. The highest BCUT2D eigenvalue weighted by molar-refractivity contribution is 5.72. The summed E-state index contributed by atoms with van der Waals surface area (Å²) in [6.45, 7) is 2.73. The van der Waals surface area contributed by atoms with Gasteiger partial charge >= 0.3 is 6.11 Å². The number of nitriles is 1. The number of hydrogen-bond acceptors (Lipinski definition) is 4. The van der Waals surface area contributed by atoms with Gasteiger partial charge in [-0.2, -0.15) is 14.0 Å². The first-order valence-electron chi connectivity index (χ1n) is 14.6. The van der Waals surface area contributed by atoms with Gasteiger partial charge in [-0.15, -0.1) is 0 Å². The predicted molar refractivity (Wildman–Crippen MR) is 155 cm³/mol. The number of rotatable bonds is 10. The minimum Gasteiger partial charge on any atom is -0.429 e. The van der Waals surface area contributed by atoms with Crippen LogP contribution in [-0.2, 0) is 15.6 Å². The molecule has 5 rings (SSSR count). The summed E-state index contributed by atoms with van der Waals surface area (Å²) in [5.41, 5.74) is -2.04. The van der Waals surface area contributed by atoms with Crippen LogP contribution in [0, 0.1) is 46.3 Å². The van der Waals surface area contributed by atoms with Gasteiger partial charge in [0, 0.05) is 17.0 Å². The molecular weight excluding hydrogens is 615 g/mol. The lowest BCUT2D eigenvalue weighted by atomic mass is 9.98. The Kier molecular flexibility index (Phi) is 9.99. The van der Waals surface area contributed by atoms with E-state index in [0.29, 0.717) is 24.3 Å². The van der Waals surface area contributed by atoms with Crippen molar-refractivity contribution in [2.24, 2.45) is 5.92 Å². The molecule has 1 saturated heterocycles. The molecule has 1 fully saturated rings. The molecule has 0 N–H and O–H groups in total. The number of halogens is 7. The van der Waals surface area contributed by atoms with Crippen molar-refractivity contribution in [1.82, 2.24) is 0 Å². The van der Waals surface area contributed by atoms with Gasteiger partial charge in [0.2, 0.25) is 0 Å². The second-order valence-corrected chi connectivity index (χ2v) is 11.0. The summed E-state index contributed by atoms with van der Waals surface area (Å²) in [6, 6.07) is 13.2. The third-order valence-electron chi connectivity index (χ3n) is 7.68. The van der Waals surface area contributed by atoms with Crippen molar-refractivity contribution < 1.29 is 44.9 Å². The molecule has 0 aliphatic carbocycles. The van der Waals surface area contributed by atoms with Gasteiger partial charge in [0.15, 0.2) is 6.29 Å². The summed E-state index contributed by atoms with van der Waals surface area (Å²) >= 11 is 0. The molecule has 0 atom stereocenters. The molecule has 0 amide bonds. The Morgan fingerprint density at radius 2 is 1.35 bits per heavy atom. The standard InChI is InChI=1S/C35H28F7NO3/c1-2-3-4-5-20-18-44-34(45-19-20)24-15-31(39)33(32(40)16-24)35(41,42)46-25-9-6-21(7-10-25)22-8-11-26(28(36)12-22)23-13-29(37)27(17-43)30(38)14-23/h6-16,20,34H,2-5,18-19H2,1H3. The van der Waals surface area contributed by atoms with Crippen LogP contribution in [0.5, 0.6) is 5.75 Å². The number of nitrogens with zero attached hydrogens (tertiary/aromatic N) is 1. The quantitative estimate of drug-likeness (QED) is 0.128. The van der Waals surface area contributed by atoms with Crippen molar-refractivity contribution in [2.75, 3.05) is 13.2 Å². The maximum Gasteiger partial charge on any atom is 0.432 e. The Balaban J connectivity index is 1.27. The maximum absolute atomic E-state index is 15.0. The smallest absolute Gasteiger partial charge is 0.429 e. The minimum absolute atomic E-state index is 0.0707. The average Bonchev–Trinajstić information content (AvgIpc) is 3.01. The molecule has 1 aliphatic rings. The van der Waals surface area contributed by atoms with Crippen LogP contribution in [0.1, 0.15) is 55.6 Å². The molecule has 11 heteroatoms. The zero-order valence-electron chi connectivity index (χ0n) is 24.6. The highest BCUT2D eigenvalue weighted by Gasteiger charge is 2.42. The van der Waals surface area contributed by atoms with Crippen LogP contribution in [0.3, 0.4) is 0 Å². The van der Waals surface area contributed by atoms with Gasteiger partial charge in [-0.25, -0.2) is 22.0 Å². The molecule has 0 saturated carbocycles. The molecule has 4 nitrogen and oxygen atoms in total. The van der Waals surface area contributed by atoms with Crippen LogP contribution in [0.4, 0.5) is 30.7 Å². The van der Waals surface area contributed by atoms with Gasteiger partial charge in [-0.05, 0) is 65.6 Å². The summed E-state index contributed by atoms with van der Waals surface area (Å²) in [4.78, 5) is 0. The van der Waals surface area contributed by atoms with Gasteiger partial charge in [0.25, 0.3) is 0 Å². The Labute approximate surface area is 261 Å². The fraction of sp³-hybridized carbons (Fsp3) is 0.286. The van der Waals surface area contributed by atoms with Crippen molar-refractivity contribution in [3.8, 4) is 34.1 Å². The van der Waals surface area contributed by atoms with Gasteiger partial charge in [-0.1, -0.05) is 50.5 Å². The van der Waals surface area contributed by atoms with Crippen molar-refractivity contribution in [2.45, 2.75) is 45.0 Å². The zero-order chi connectivity index (χ0) is 33.0. The molecule has 4 aromatic rings. The molecule has 1 heterocycles. The second-order valence-electron chi connectivity index (χ2n) is 11.0. The van der Waals surface area contributed by atoms with E-state index in [2.05, 4.69) is 11.7 Å². The fourth-order valence-corrected chi connectivity index (χ4v) is 5.27. The topological polar surface area (TPSA) is 51.5 Å². The number of unbranched alkanes of at least 4 members (excludes halogenated alkanes) is 2. The predicted octanol–water partition coefficient (Wildman–Crippen LogP) is 9.96. The molecule has 0 spiro atoms. The SMILES string of the molecule is CCCCCC1COC(c2cc(F)c(C(F)(F)Oc3ccc(-c4ccc(-c5cc(F)c(C#N)c(F)c5)c(F)c4)cc3)c(F)c2)OC1. The van der Waals surface area contributed by atoms with Gasteiger partial charge in [0.1, 0.15) is 52.0 Å². The lowest BCUT2D eigenvalue weighted by Crippen LogP contribution is -2.28. The lowest BCUT2D eigenvalue weighted by molar-refractivity contribution is -0.206. The van der Waals surface area contributed by atoms with Gasteiger partial charge in [-0.3, -0.25) is 0 Å². The summed E-state index contributed by atoms with van der Waals surface area (Å²) in [7, 11) is 0. The first-order valence-corrected chi connectivity index (χ1v) is 14.6. The number of hydrogen-bond donors (Lipinski definition) is 0. The second kappa shape index (κ2) is 13.9. The molecule has 0 unspecified atom stereocenters. The van der Waals surface area contributed by atoms with Crippen molar-refractivity contribution >= 4 is 0 Å². The van der Waals surface area contributed by atoms with E-state index in [1.807, 2.05) is 0 Å². The number of benzene rings is 4. The first kappa shape index (κ1) is 33.0. The minimum atomic E-state index is -4.40. The van der Waals surface area contributed by atoms with Crippen LogP contribution in [0.25, 0.3) is 22.3 Å². The summed E-state index contributed by atoms with van der Waals surface area (Å²) in [6.07, 6.45) is -1.45. The van der Waals surface area contributed by atoms with Crippen LogP contribution >= 0.6 is 0 Å². The molecular formula is C35H28F7NO3. The average molecular weight is 644 g/mol. The molecule has 4 aromatic carbocycles. The molecule has 0 aromatic heterocycles. The van der Waals surface area contributed by atoms with Gasteiger partial charge in [0.05, 0.1) is 13.2 Å². The Morgan fingerprint density at radius 1 is 0.761 bits per heavy atom. The number of alkyl halides is 2. The van der Waals surface area contributed by atoms with Crippen molar-refractivity contribution in [1.29, 1.82) is 5.26 Å². The normalized spacial score (nSPS) is 16.7. The molecule has 240 valence electrons. The highest BCUT2D eigenvalue weighted by Crippen LogP contribution is 2.38. The van der Waals surface area contributed by atoms with Crippen LogP contribution in [-0.4, -0.2) is 13.2 Å². The maximum atomic E-state index is 15.0. The van der Waals surface area contributed by atoms with Crippen molar-refractivity contribution in [3.05, 3.63) is 113 Å². The summed E-state index contributed by atoms with van der Waals surface area (Å²) in [5, 5.41) is 8.83. The Hall–Kier alpha value is -4.40. The van der Waals surface area contributed by atoms with Crippen LogP contribution in [0.15, 0.2) is 66.7 Å². The summed E-state index contributed by atoms with van der Waals surface area (Å²) in [5.74, 6) is -6.46. The van der Waals surface area contributed by atoms with E-state index in [4.69, 9.17) is 14.7 Å². The van der Waals surface area contributed by atoms with Crippen molar-refractivity contribution in [3.63, 3.8) is 0 Å². The Bertz CT molecular complexity index is 1700. The summed E-state index contributed by atoms with van der Waals surface area (Å²) < 4.78 is 119. The molecule has 46 heavy (non-hydrogen) atoms. The van der Waals surface area contributed by atoms with E-state index in [-0.39, 0.29) is 22.6 Å². The first-order chi connectivity index (χ1) is 22.0. The monoisotopic (exact) mass is 643 g/mol. The largest absolute Gasteiger partial charge is 0.432 e. The zero-order valence-corrected chi connectivity index (χ0v) is 24.6. The molecule has 0 radical (unpaired) electrons. The van der Waals surface area contributed by atoms with E-state index in [0.717, 1.165) is 68.1 Å². The van der Waals surface area contributed by atoms with Crippen LogP contribution < -0.4 is 4.74 Å². The number of ether oxygens (including phenoxy) is 3. The van der Waals surface area contributed by atoms with E-state index < -0.39 is 58.4 Å². The van der Waals surface area contributed by atoms with Crippen LogP contribution in [0.2, 0.25) is 0 Å². The fourth-order valence-electron chi connectivity index (χ4n) is 5.27. The highest BCUT2D eigenvalue weighted by atomic mass is 19.3. The third-order valence-corrected chi connectivity index (χ3v) is 7.68. The van der Waals surface area contributed by atoms with E-state index in [1.165, 1.54) is 30.3 Å².